The molecule has 0 N–H and O–H groups in total. The van der Waals surface area contributed by atoms with Gasteiger partial charge < -0.3 is 4.74 Å². The van der Waals surface area contributed by atoms with Gasteiger partial charge in [0.25, 0.3) is 0 Å². The van der Waals surface area contributed by atoms with Crippen molar-refractivity contribution in [1.29, 1.82) is 0 Å². The monoisotopic (exact) mass is 357 g/mol. The van der Waals surface area contributed by atoms with E-state index in [1.807, 2.05) is 24.3 Å². The van der Waals surface area contributed by atoms with Crippen LogP contribution in [0.1, 0.15) is 64.7 Å². The molecule has 2 nitrogen and oxygen atoms in total. The van der Waals surface area contributed by atoms with Crippen LogP contribution in [0.5, 0.6) is 5.75 Å². The number of hydrogen-bond donors (Lipinski definition) is 0. The lowest BCUT2D eigenvalue weighted by Crippen LogP contribution is -2.27. The van der Waals surface area contributed by atoms with Crippen LogP contribution in [0, 0.1) is 23.7 Å². The summed E-state index contributed by atoms with van der Waals surface area (Å²) in [7, 11) is 0. The summed E-state index contributed by atoms with van der Waals surface area (Å²) in [6, 6.07) is 7.81. The lowest BCUT2D eigenvalue weighted by atomic mass is 9.69. The van der Waals surface area contributed by atoms with Crippen molar-refractivity contribution in [2.45, 2.75) is 64.7 Å². The van der Waals surface area contributed by atoms with Crippen LogP contribution < -0.4 is 4.74 Å². The molecule has 0 heterocycles. The van der Waals surface area contributed by atoms with Crippen molar-refractivity contribution in [2.75, 3.05) is 6.61 Å². The van der Waals surface area contributed by atoms with Gasteiger partial charge in [0, 0.05) is 0 Å². The van der Waals surface area contributed by atoms with Crippen LogP contribution in [-0.2, 0) is 0 Å². The van der Waals surface area contributed by atoms with E-state index in [1.165, 1.54) is 57.8 Å². The molecule has 25 heavy (non-hydrogen) atoms. The molecule has 0 aliphatic heterocycles. The Morgan fingerprint density at radius 1 is 0.920 bits per heavy atom. The minimum atomic E-state index is 0.724. The molecule has 0 radical (unpaired) electrons. The molecule has 3 rings (SSSR count). The summed E-state index contributed by atoms with van der Waals surface area (Å²) in [5.74, 6) is 4.67. The fraction of sp³-hybridized carbons (Fsp3) is 0.682. The van der Waals surface area contributed by atoms with Gasteiger partial charge in [-0.05, 0) is 98.7 Å². The predicted octanol–water partition coefficient (Wildman–Crippen LogP) is 6.82. The topological polar surface area (TPSA) is 21.6 Å². The number of rotatable bonds is 6. The van der Waals surface area contributed by atoms with Crippen LogP contribution >= 0.6 is 12.2 Å². The maximum Gasteiger partial charge on any atom is 0.119 e. The van der Waals surface area contributed by atoms with Crippen LogP contribution in [0.3, 0.4) is 0 Å². The Morgan fingerprint density at radius 3 is 2.00 bits per heavy atom. The highest BCUT2D eigenvalue weighted by Gasteiger charge is 2.30. The van der Waals surface area contributed by atoms with Crippen LogP contribution in [0.2, 0.25) is 0 Å². The Bertz CT molecular complexity index is 562. The number of benzene rings is 1. The van der Waals surface area contributed by atoms with Crippen LogP contribution in [0.4, 0.5) is 5.69 Å². The zero-order valence-electron chi connectivity index (χ0n) is 15.5. The van der Waals surface area contributed by atoms with Gasteiger partial charge in [0.05, 0.1) is 17.5 Å². The molecule has 1 aromatic rings. The van der Waals surface area contributed by atoms with E-state index in [2.05, 4.69) is 29.3 Å². The normalized spacial score (nSPS) is 29.6. The van der Waals surface area contributed by atoms with Crippen LogP contribution in [0.15, 0.2) is 29.3 Å². The Kier molecular flexibility index (Phi) is 7.07. The SMILES string of the molecule is CCC1CCC(C2CCC(COc3ccc(N=C=S)cc3)CC2)CC1. The first-order chi connectivity index (χ1) is 12.3. The highest BCUT2D eigenvalue weighted by Crippen LogP contribution is 2.42. The maximum atomic E-state index is 6.00. The van der Waals surface area contributed by atoms with E-state index >= 15 is 0 Å². The van der Waals surface area contributed by atoms with Gasteiger partial charge in [-0.2, -0.15) is 4.99 Å². The number of ether oxygens (including phenoxy) is 1. The Labute approximate surface area is 158 Å². The lowest BCUT2D eigenvalue weighted by Gasteiger charge is -2.37. The fourth-order valence-electron chi connectivity index (χ4n) is 4.78. The summed E-state index contributed by atoms with van der Waals surface area (Å²) in [6.07, 6.45) is 12.8. The molecule has 2 aliphatic rings. The molecular formula is C22H31NOS. The zero-order valence-corrected chi connectivity index (χ0v) is 16.3. The number of thiocarbonyl (C=S) groups is 1. The average Bonchev–Trinajstić information content (AvgIpc) is 2.68. The molecule has 3 heteroatoms. The number of nitrogens with zero attached hydrogens (tertiary/aromatic N) is 1. The van der Waals surface area contributed by atoms with Crippen molar-refractivity contribution in [2.24, 2.45) is 28.7 Å². The molecule has 0 atom stereocenters. The van der Waals surface area contributed by atoms with Gasteiger partial charge in [0.2, 0.25) is 0 Å². The van der Waals surface area contributed by atoms with Gasteiger partial charge in [-0.1, -0.05) is 26.2 Å². The molecule has 2 fully saturated rings. The van der Waals surface area contributed by atoms with Gasteiger partial charge in [0.1, 0.15) is 5.75 Å². The Hall–Kier alpha value is -1.18. The second-order valence-corrected chi connectivity index (χ2v) is 8.16. The summed E-state index contributed by atoms with van der Waals surface area (Å²) in [5.41, 5.74) is 0.834. The molecule has 2 saturated carbocycles. The van der Waals surface area contributed by atoms with E-state index < -0.39 is 0 Å². The molecule has 2 aliphatic carbocycles. The summed E-state index contributed by atoms with van der Waals surface area (Å²) < 4.78 is 6.00. The van der Waals surface area contributed by atoms with Gasteiger partial charge in [-0.3, -0.25) is 0 Å². The Balaban J connectivity index is 1.38. The maximum absolute atomic E-state index is 6.00. The molecular weight excluding hydrogens is 326 g/mol. The van der Waals surface area contributed by atoms with Crippen LogP contribution in [0.25, 0.3) is 0 Å². The van der Waals surface area contributed by atoms with Crippen molar-refractivity contribution in [1.82, 2.24) is 0 Å². The van der Waals surface area contributed by atoms with Crippen molar-refractivity contribution in [3.63, 3.8) is 0 Å². The van der Waals surface area contributed by atoms with Gasteiger partial charge in [-0.25, -0.2) is 0 Å². The minimum Gasteiger partial charge on any atom is -0.493 e. The predicted molar refractivity (Wildman–Crippen MR) is 108 cm³/mol. The molecule has 136 valence electrons. The highest BCUT2D eigenvalue weighted by atomic mass is 32.1. The molecule has 0 amide bonds. The number of aliphatic imine (C=N–C) groups is 1. The summed E-state index contributed by atoms with van der Waals surface area (Å²) >= 11 is 4.62. The smallest absolute Gasteiger partial charge is 0.119 e. The molecule has 1 aromatic carbocycles. The van der Waals surface area contributed by atoms with E-state index in [4.69, 9.17) is 4.74 Å². The Morgan fingerprint density at radius 2 is 1.48 bits per heavy atom. The zero-order chi connectivity index (χ0) is 17.5. The summed E-state index contributed by atoms with van der Waals surface area (Å²) in [6.45, 7) is 3.21. The van der Waals surface area contributed by atoms with Gasteiger partial charge in [0.15, 0.2) is 0 Å². The van der Waals surface area contributed by atoms with E-state index in [-0.39, 0.29) is 0 Å². The second kappa shape index (κ2) is 9.50. The fourth-order valence-corrected chi connectivity index (χ4v) is 4.88. The summed E-state index contributed by atoms with van der Waals surface area (Å²) in [4.78, 5) is 3.97. The third kappa shape index (κ3) is 5.39. The third-order valence-corrected chi connectivity index (χ3v) is 6.62. The standard InChI is InChI=1S/C22H31NOS/c1-2-17-3-7-19(8-4-17)20-9-5-18(6-10-20)15-24-22-13-11-21(12-14-22)23-16-25/h11-14,17-20H,2-10,15H2,1H3. The lowest BCUT2D eigenvalue weighted by molar-refractivity contribution is 0.123. The minimum absolute atomic E-state index is 0.724. The average molecular weight is 358 g/mol. The number of isothiocyanates is 1. The molecule has 0 saturated heterocycles. The summed E-state index contributed by atoms with van der Waals surface area (Å²) in [5, 5.41) is 2.39. The number of hydrogen-bond acceptors (Lipinski definition) is 3. The largest absolute Gasteiger partial charge is 0.493 e. The van der Waals surface area contributed by atoms with Gasteiger partial charge in [-0.15, -0.1) is 0 Å². The highest BCUT2D eigenvalue weighted by molar-refractivity contribution is 7.78. The van der Waals surface area contributed by atoms with E-state index in [9.17, 15) is 0 Å². The second-order valence-electron chi connectivity index (χ2n) is 7.98. The van der Waals surface area contributed by atoms with Gasteiger partial charge >= 0.3 is 0 Å². The van der Waals surface area contributed by atoms with E-state index in [1.54, 1.807) is 0 Å². The first kappa shape index (κ1) is 18.6. The first-order valence-corrected chi connectivity index (χ1v) is 10.5. The molecule has 0 aromatic heterocycles. The third-order valence-electron chi connectivity index (χ3n) is 6.52. The van der Waals surface area contributed by atoms with Crippen molar-refractivity contribution in [3.8, 4) is 5.75 Å². The first-order valence-electron chi connectivity index (χ1n) is 10.1. The van der Waals surface area contributed by atoms with Crippen molar-refractivity contribution >= 4 is 23.1 Å². The van der Waals surface area contributed by atoms with Crippen molar-refractivity contribution < 1.29 is 4.74 Å². The molecule has 0 unspecified atom stereocenters. The van der Waals surface area contributed by atoms with E-state index in [0.29, 0.717) is 0 Å². The van der Waals surface area contributed by atoms with E-state index in [0.717, 1.165) is 41.7 Å². The molecule has 0 spiro atoms. The van der Waals surface area contributed by atoms with Crippen LogP contribution in [-0.4, -0.2) is 11.8 Å². The van der Waals surface area contributed by atoms with Crippen molar-refractivity contribution in [3.05, 3.63) is 24.3 Å². The quantitative estimate of drug-likeness (QED) is 0.411. The molecule has 0 bridgehead atoms.